The Hall–Kier alpha value is -5.03. The van der Waals surface area contributed by atoms with Gasteiger partial charge in [-0.25, -0.2) is 19.3 Å². The number of benzene rings is 1. The molecule has 0 radical (unpaired) electrons. The van der Waals surface area contributed by atoms with Crippen molar-refractivity contribution in [1.29, 1.82) is 0 Å². The van der Waals surface area contributed by atoms with Crippen molar-refractivity contribution in [2.24, 2.45) is 11.7 Å². The van der Waals surface area contributed by atoms with Gasteiger partial charge in [0.05, 0.1) is 63.3 Å². The number of halogens is 2. The highest BCUT2D eigenvalue weighted by atomic mass is 35.5. The van der Waals surface area contributed by atoms with Gasteiger partial charge in [-0.15, -0.1) is 0 Å². The van der Waals surface area contributed by atoms with E-state index in [2.05, 4.69) is 15.0 Å². The molecule has 0 aliphatic heterocycles. The van der Waals surface area contributed by atoms with Gasteiger partial charge in [-0.05, 0) is 86.9 Å². The van der Waals surface area contributed by atoms with Gasteiger partial charge in [-0.3, -0.25) is 24.1 Å². The molecule has 2 aliphatic carbocycles. The van der Waals surface area contributed by atoms with Crippen molar-refractivity contribution >= 4 is 39.7 Å². The van der Waals surface area contributed by atoms with Crippen LogP contribution in [0.3, 0.4) is 0 Å². The summed E-state index contributed by atoms with van der Waals surface area (Å²) in [5, 5.41) is 0.510. The zero-order chi connectivity index (χ0) is 31.7. The Morgan fingerprint density at radius 1 is 1.07 bits per heavy atom. The summed E-state index contributed by atoms with van der Waals surface area (Å²) in [6.07, 6.45) is 8.84. The summed E-state index contributed by atoms with van der Waals surface area (Å²) in [6.45, 7) is 1.91. The Balaban J connectivity index is 1.33. The number of aryl methyl sites for hydroxylation is 1. The third-order valence-electron chi connectivity index (χ3n) is 9.08. The second-order valence-corrected chi connectivity index (χ2v) is 12.7. The van der Waals surface area contributed by atoms with Crippen LogP contribution in [0.25, 0.3) is 33.3 Å². The first-order valence-corrected chi connectivity index (χ1v) is 15.5. The number of carbonyl (C=O) groups excluding carboxylic acids is 1. The molecule has 5 aromatic heterocycles. The van der Waals surface area contributed by atoms with Crippen molar-refractivity contribution in [2.45, 2.75) is 51.1 Å². The first kappa shape index (κ1) is 28.4. The van der Waals surface area contributed by atoms with Crippen LogP contribution in [0.15, 0.2) is 66.0 Å². The molecular formula is C34H28ClFN8O2. The number of nitrogens with two attached hydrogens (primary N) is 1. The van der Waals surface area contributed by atoms with E-state index in [1.165, 1.54) is 12.3 Å². The molecule has 6 aromatic rings. The number of aromatic nitrogens is 7. The zero-order valence-electron chi connectivity index (χ0n) is 24.9. The van der Waals surface area contributed by atoms with Gasteiger partial charge in [0, 0.05) is 11.8 Å². The molecule has 1 aromatic carbocycles. The van der Waals surface area contributed by atoms with E-state index in [1.807, 2.05) is 22.8 Å². The fourth-order valence-electron chi connectivity index (χ4n) is 6.41. The topological polar surface area (TPSA) is 134 Å². The smallest absolute Gasteiger partial charge is 0.272 e. The molecule has 0 spiro atoms. The molecule has 10 nitrogen and oxygen atoms in total. The van der Waals surface area contributed by atoms with E-state index in [9.17, 15) is 14.0 Å². The third-order valence-corrected chi connectivity index (χ3v) is 9.30. The molecule has 5 heterocycles. The molecule has 1 amide bonds. The standard InChI is InChI=1S/C34H28ClFN8O2/c1-18-33(46)43(16-23-7-5-21(35)14-38-23)26-8-4-20(13-24(26)41-18)28-29(31(37)45)25(12-19-2-3-19)42-32-30(28)40-17-44(32)34(10-11-34)27-9-6-22(36)15-39-27/h4-9,13-15,17,19H,2-3,10-12,16H2,1H3,(H2,37,45). The second kappa shape index (κ2) is 10.5. The van der Waals surface area contributed by atoms with Crippen molar-refractivity contribution in [3.63, 3.8) is 0 Å². The summed E-state index contributed by atoms with van der Waals surface area (Å²) in [4.78, 5) is 49.7. The monoisotopic (exact) mass is 634 g/mol. The molecule has 0 saturated heterocycles. The molecule has 2 N–H and O–H groups in total. The lowest BCUT2D eigenvalue weighted by Crippen LogP contribution is -2.25. The molecule has 2 fully saturated rings. The fourth-order valence-corrected chi connectivity index (χ4v) is 6.53. The Bertz CT molecular complexity index is 2260. The first-order chi connectivity index (χ1) is 22.2. The summed E-state index contributed by atoms with van der Waals surface area (Å²) >= 11 is 6.03. The number of carbonyl (C=O) groups is 1. The second-order valence-electron chi connectivity index (χ2n) is 12.3. The van der Waals surface area contributed by atoms with Gasteiger partial charge < -0.3 is 10.3 Å². The quantitative estimate of drug-likeness (QED) is 0.239. The molecule has 0 bridgehead atoms. The Kier molecular flexibility index (Phi) is 6.50. The first-order valence-electron chi connectivity index (χ1n) is 15.2. The average molecular weight is 635 g/mol. The summed E-state index contributed by atoms with van der Waals surface area (Å²) < 4.78 is 17.4. The molecule has 46 heavy (non-hydrogen) atoms. The number of primary amides is 1. The summed E-state index contributed by atoms with van der Waals surface area (Å²) in [5.74, 6) is -0.556. The van der Waals surface area contributed by atoms with Crippen LogP contribution in [-0.4, -0.2) is 40.0 Å². The molecular weight excluding hydrogens is 607 g/mol. The van der Waals surface area contributed by atoms with Gasteiger partial charge in [0.2, 0.25) is 0 Å². The molecule has 2 saturated carbocycles. The van der Waals surface area contributed by atoms with Gasteiger partial charge in [0.25, 0.3) is 11.5 Å². The van der Waals surface area contributed by atoms with E-state index >= 15 is 0 Å². The lowest BCUT2D eigenvalue weighted by Gasteiger charge is -2.19. The number of fused-ring (bicyclic) bond motifs is 2. The highest BCUT2D eigenvalue weighted by Gasteiger charge is 2.49. The van der Waals surface area contributed by atoms with Crippen molar-refractivity contribution in [3.8, 4) is 11.1 Å². The Morgan fingerprint density at radius 2 is 1.89 bits per heavy atom. The largest absolute Gasteiger partial charge is 0.366 e. The summed E-state index contributed by atoms with van der Waals surface area (Å²) in [6, 6.07) is 12.2. The maximum atomic E-state index is 13.8. The van der Waals surface area contributed by atoms with E-state index in [0.717, 1.165) is 31.4 Å². The fraction of sp³-hybridized carbons (Fsp3) is 0.265. The number of pyridine rings is 3. The van der Waals surface area contributed by atoms with Gasteiger partial charge in [0.15, 0.2) is 5.65 Å². The van der Waals surface area contributed by atoms with E-state index in [-0.39, 0.29) is 12.1 Å². The van der Waals surface area contributed by atoms with Gasteiger partial charge in [-0.2, -0.15) is 0 Å². The number of hydrogen-bond donors (Lipinski definition) is 1. The van der Waals surface area contributed by atoms with Crippen LogP contribution < -0.4 is 11.3 Å². The molecule has 0 atom stereocenters. The van der Waals surface area contributed by atoms with Crippen LogP contribution in [-0.2, 0) is 18.5 Å². The number of hydrogen-bond acceptors (Lipinski definition) is 7. The molecule has 0 unspecified atom stereocenters. The van der Waals surface area contributed by atoms with Crippen LogP contribution >= 0.6 is 11.6 Å². The predicted octanol–water partition coefficient (Wildman–Crippen LogP) is 5.34. The van der Waals surface area contributed by atoms with E-state index in [0.29, 0.717) is 73.3 Å². The van der Waals surface area contributed by atoms with Gasteiger partial charge in [0.1, 0.15) is 17.0 Å². The lowest BCUT2D eigenvalue weighted by atomic mass is 9.94. The van der Waals surface area contributed by atoms with Crippen molar-refractivity contribution in [3.05, 3.63) is 111 Å². The molecule has 2 aliphatic rings. The molecule has 12 heteroatoms. The van der Waals surface area contributed by atoms with Crippen molar-refractivity contribution < 1.29 is 9.18 Å². The van der Waals surface area contributed by atoms with E-state index in [4.69, 9.17) is 27.3 Å². The van der Waals surface area contributed by atoms with Gasteiger partial charge >= 0.3 is 0 Å². The van der Waals surface area contributed by atoms with Crippen molar-refractivity contribution in [1.82, 2.24) is 34.1 Å². The average Bonchev–Trinajstić information content (AvgIpc) is 3.98. The van der Waals surface area contributed by atoms with Crippen LogP contribution in [0, 0.1) is 18.7 Å². The van der Waals surface area contributed by atoms with E-state index < -0.39 is 17.3 Å². The third kappa shape index (κ3) is 4.73. The Morgan fingerprint density at radius 3 is 2.57 bits per heavy atom. The predicted molar refractivity (Wildman–Crippen MR) is 171 cm³/mol. The van der Waals surface area contributed by atoms with Gasteiger partial charge in [-0.1, -0.05) is 17.7 Å². The highest BCUT2D eigenvalue weighted by Crippen LogP contribution is 2.50. The minimum absolute atomic E-state index is 0.226. The lowest BCUT2D eigenvalue weighted by molar-refractivity contribution is 0.0999. The van der Waals surface area contributed by atoms with Crippen LogP contribution in [0.4, 0.5) is 4.39 Å². The number of rotatable bonds is 8. The number of imidazole rings is 1. The van der Waals surface area contributed by atoms with Crippen LogP contribution in [0.2, 0.25) is 5.02 Å². The van der Waals surface area contributed by atoms with Crippen LogP contribution in [0.5, 0.6) is 0 Å². The normalized spacial score (nSPS) is 15.5. The molecule has 8 rings (SSSR count). The van der Waals surface area contributed by atoms with Crippen LogP contribution in [0.1, 0.15) is 58.8 Å². The minimum atomic E-state index is -0.584. The zero-order valence-corrected chi connectivity index (χ0v) is 25.6. The maximum Gasteiger partial charge on any atom is 0.272 e. The van der Waals surface area contributed by atoms with E-state index in [1.54, 1.807) is 42.2 Å². The molecule has 230 valence electrons. The summed E-state index contributed by atoms with van der Waals surface area (Å²) in [7, 11) is 0. The SMILES string of the molecule is Cc1nc2cc(-c3c(C(N)=O)c(CC4CC4)nc4c3ncn4C3(c4ccc(F)cn4)CC3)ccc2n(Cc2ccc(Cl)cn2)c1=O. The maximum absolute atomic E-state index is 13.8. The number of nitrogens with zero attached hydrogens (tertiary/aromatic N) is 7. The van der Waals surface area contributed by atoms with Crippen molar-refractivity contribution in [2.75, 3.05) is 0 Å². The highest BCUT2D eigenvalue weighted by molar-refractivity contribution is 6.30. The summed E-state index contributed by atoms with van der Waals surface area (Å²) in [5.41, 5.74) is 11.6. The minimum Gasteiger partial charge on any atom is -0.366 e. The number of amides is 1. The Labute approximate surface area is 267 Å².